The van der Waals surface area contributed by atoms with Gasteiger partial charge in [0, 0.05) is 25.5 Å². The molecular weight excluding hydrogens is 353 g/mol. The van der Waals surface area contributed by atoms with Crippen LogP contribution in [0.4, 0.5) is 0 Å². The maximum absolute atomic E-state index is 12.2. The molecule has 1 fully saturated rings. The first-order valence-corrected chi connectivity index (χ1v) is 8.82. The summed E-state index contributed by atoms with van der Waals surface area (Å²) in [6.45, 7) is 1.26. The summed E-state index contributed by atoms with van der Waals surface area (Å²) >= 11 is 11.9. The molecule has 2 rings (SSSR count). The van der Waals surface area contributed by atoms with Crippen molar-refractivity contribution >= 4 is 35.1 Å². The fourth-order valence-electron chi connectivity index (χ4n) is 2.71. The van der Waals surface area contributed by atoms with Crippen molar-refractivity contribution in [2.75, 3.05) is 13.1 Å². The minimum atomic E-state index is -0.824. The second kappa shape index (κ2) is 9.14. The van der Waals surface area contributed by atoms with Crippen LogP contribution in [0.1, 0.15) is 38.5 Å². The molecule has 0 spiro atoms. The monoisotopic (exact) mass is 373 g/mol. The molecule has 0 aromatic heterocycles. The van der Waals surface area contributed by atoms with Crippen LogP contribution in [0.15, 0.2) is 18.2 Å². The molecule has 0 saturated carbocycles. The van der Waals surface area contributed by atoms with Gasteiger partial charge >= 0.3 is 5.97 Å². The van der Waals surface area contributed by atoms with Gasteiger partial charge in [-0.05, 0) is 37.8 Å². The van der Waals surface area contributed by atoms with Crippen LogP contribution in [0.25, 0.3) is 0 Å². The smallest absolute Gasteiger partial charge is 0.303 e. The third-order valence-corrected chi connectivity index (χ3v) is 4.69. The van der Waals surface area contributed by atoms with Crippen LogP contribution in [0, 0.1) is 0 Å². The molecule has 1 aliphatic heterocycles. The summed E-state index contributed by atoms with van der Waals surface area (Å²) in [6, 6.07) is 5.13. The van der Waals surface area contributed by atoms with E-state index in [1.165, 1.54) is 0 Å². The molecule has 24 heavy (non-hydrogen) atoms. The second-order valence-corrected chi connectivity index (χ2v) is 6.71. The Morgan fingerprint density at radius 1 is 1.21 bits per heavy atom. The van der Waals surface area contributed by atoms with E-state index in [9.17, 15) is 9.59 Å². The Balaban J connectivity index is 1.81. The number of carboxylic acid groups (broad SMARTS) is 1. The molecule has 1 aromatic rings. The van der Waals surface area contributed by atoms with E-state index in [1.54, 1.807) is 23.1 Å². The van der Waals surface area contributed by atoms with Crippen molar-refractivity contribution < 1.29 is 19.4 Å². The summed E-state index contributed by atoms with van der Waals surface area (Å²) in [5.41, 5.74) is 0. The van der Waals surface area contributed by atoms with Crippen molar-refractivity contribution in [2.45, 2.75) is 44.6 Å². The molecule has 1 amide bonds. The van der Waals surface area contributed by atoms with E-state index in [0.717, 1.165) is 19.4 Å². The first-order valence-electron chi connectivity index (χ1n) is 8.07. The number of nitrogens with zero attached hydrogens (tertiary/aromatic N) is 1. The van der Waals surface area contributed by atoms with Gasteiger partial charge in [0.05, 0.1) is 16.6 Å². The molecule has 5 nitrogen and oxygen atoms in total. The number of aliphatic carboxylic acids is 1. The number of likely N-dealkylation sites (tertiary alicyclic amines) is 1. The number of rotatable bonds is 7. The van der Waals surface area contributed by atoms with Crippen LogP contribution in [0.2, 0.25) is 10.0 Å². The van der Waals surface area contributed by atoms with E-state index < -0.39 is 5.97 Å². The SMILES string of the molecule is O=C(O)CCCCC(=O)N1CCCC(Oc2ccc(Cl)c(Cl)c2)C1. The van der Waals surface area contributed by atoms with Crippen molar-refractivity contribution in [3.05, 3.63) is 28.2 Å². The van der Waals surface area contributed by atoms with Gasteiger partial charge in [-0.1, -0.05) is 23.2 Å². The number of amides is 1. The highest BCUT2D eigenvalue weighted by Crippen LogP contribution is 2.28. The molecule has 1 atom stereocenters. The summed E-state index contributed by atoms with van der Waals surface area (Å²) in [5, 5.41) is 9.53. The molecule has 1 saturated heterocycles. The average molecular weight is 374 g/mol. The van der Waals surface area contributed by atoms with Gasteiger partial charge in [-0.15, -0.1) is 0 Å². The zero-order valence-electron chi connectivity index (χ0n) is 13.3. The number of hydrogen-bond acceptors (Lipinski definition) is 3. The number of piperidine rings is 1. The van der Waals surface area contributed by atoms with E-state index in [0.29, 0.717) is 41.6 Å². The first kappa shape index (κ1) is 18.9. The maximum Gasteiger partial charge on any atom is 0.303 e. The molecule has 1 N–H and O–H groups in total. The minimum Gasteiger partial charge on any atom is -0.489 e. The molecule has 1 heterocycles. The molecule has 7 heteroatoms. The molecule has 1 aliphatic rings. The van der Waals surface area contributed by atoms with Crippen molar-refractivity contribution in [3.63, 3.8) is 0 Å². The molecule has 0 bridgehead atoms. The highest BCUT2D eigenvalue weighted by atomic mass is 35.5. The number of unbranched alkanes of at least 4 members (excludes halogenated alkanes) is 1. The van der Waals surface area contributed by atoms with Crippen LogP contribution in [0.3, 0.4) is 0 Å². The topological polar surface area (TPSA) is 66.8 Å². The lowest BCUT2D eigenvalue weighted by Crippen LogP contribution is -2.44. The summed E-state index contributed by atoms with van der Waals surface area (Å²) < 4.78 is 5.91. The largest absolute Gasteiger partial charge is 0.489 e. The van der Waals surface area contributed by atoms with Crippen LogP contribution >= 0.6 is 23.2 Å². The average Bonchev–Trinajstić information content (AvgIpc) is 2.55. The van der Waals surface area contributed by atoms with Gasteiger partial charge in [-0.25, -0.2) is 0 Å². The molecule has 1 aromatic carbocycles. The standard InChI is InChI=1S/C17H21Cl2NO4/c18-14-8-7-12(10-15(14)19)24-13-4-3-9-20(11-13)16(21)5-1-2-6-17(22)23/h7-8,10,13H,1-6,9,11H2,(H,22,23). The van der Waals surface area contributed by atoms with Gasteiger partial charge in [-0.2, -0.15) is 0 Å². The lowest BCUT2D eigenvalue weighted by Gasteiger charge is -2.33. The molecule has 132 valence electrons. The van der Waals surface area contributed by atoms with E-state index in [2.05, 4.69) is 0 Å². The Hall–Kier alpha value is -1.46. The fraction of sp³-hybridized carbons (Fsp3) is 0.529. The van der Waals surface area contributed by atoms with Crippen molar-refractivity contribution in [2.24, 2.45) is 0 Å². The highest BCUT2D eigenvalue weighted by molar-refractivity contribution is 6.42. The Morgan fingerprint density at radius 2 is 1.96 bits per heavy atom. The first-order chi connectivity index (χ1) is 11.5. The predicted molar refractivity (Wildman–Crippen MR) is 92.8 cm³/mol. The molecule has 1 unspecified atom stereocenters. The predicted octanol–water partition coefficient (Wildman–Crippen LogP) is 4.01. The Labute approximate surface area is 151 Å². The molecule has 0 radical (unpaired) electrons. The number of ether oxygens (including phenoxy) is 1. The second-order valence-electron chi connectivity index (χ2n) is 5.90. The van der Waals surface area contributed by atoms with E-state index in [1.807, 2.05) is 0 Å². The lowest BCUT2D eigenvalue weighted by atomic mass is 10.1. The Kier molecular flexibility index (Phi) is 7.18. The number of hydrogen-bond donors (Lipinski definition) is 1. The normalized spacial score (nSPS) is 17.6. The zero-order valence-corrected chi connectivity index (χ0v) is 14.9. The Bertz CT molecular complexity index is 594. The zero-order chi connectivity index (χ0) is 17.5. The third kappa shape index (κ3) is 5.87. The fourth-order valence-corrected chi connectivity index (χ4v) is 3.00. The van der Waals surface area contributed by atoms with Gasteiger partial charge in [0.25, 0.3) is 0 Å². The molecule has 0 aliphatic carbocycles. The quantitative estimate of drug-likeness (QED) is 0.733. The number of carbonyl (C=O) groups excluding carboxylic acids is 1. The number of carboxylic acids is 1. The van der Waals surface area contributed by atoms with Gasteiger partial charge < -0.3 is 14.7 Å². The summed E-state index contributed by atoms with van der Waals surface area (Å²) in [6.07, 6.45) is 3.30. The van der Waals surface area contributed by atoms with Crippen LogP contribution in [0.5, 0.6) is 5.75 Å². The summed E-state index contributed by atoms with van der Waals surface area (Å²) in [5.74, 6) is -0.122. The van der Waals surface area contributed by atoms with Crippen molar-refractivity contribution in [3.8, 4) is 5.75 Å². The van der Waals surface area contributed by atoms with Crippen molar-refractivity contribution in [1.82, 2.24) is 4.90 Å². The van der Waals surface area contributed by atoms with Gasteiger partial charge in [-0.3, -0.25) is 9.59 Å². The van der Waals surface area contributed by atoms with Crippen LogP contribution in [-0.2, 0) is 9.59 Å². The van der Waals surface area contributed by atoms with Gasteiger partial charge in [0.2, 0.25) is 5.91 Å². The van der Waals surface area contributed by atoms with Gasteiger partial charge in [0.1, 0.15) is 11.9 Å². The maximum atomic E-state index is 12.2. The van der Waals surface area contributed by atoms with Gasteiger partial charge in [0.15, 0.2) is 0 Å². The lowest BCUT2D eigenvalue weighted by molar-refractivity contribution is -0.138. The number of benzene rings is 1. The van der Waals surface area contributed by atoms with E-state index >= 15 is 0 Å². The summed E-state index contributed by atoms with van der Waals surface area (Å²) in [7, 11) is 0. The van der Waals surface area contributed by atoms with Crippen LogP contribution in [-0.4, -0.2) is 41.1 Å². The Morgan fingerprint density at radius 3 is 2.67 bits per heavy atom. The summed E-state index contributed by atoms with van der Waals surface area (Å²) in [4.78, 5) is 24.5. The van der Waals surface area contributed by atoms with E-state index in [4.69, 9.17) is 33.0 Å². The minimum absolute atomic E-state index is 0.0582. The molecular formula is C17H21Cl2NO4. The van der Waals surface area contributed by atoms with E-state index in [-0.39, 0.29) is 18.4 Å². The highest BCUT2D eigenvalue weighted by Gasteiger charge is 2.24. The van der Waals surface area contributed by atoms with Crippen LogP contribution < -0.4 is 4.74 Å². The number of halogens is 2. The number of carbonyl (C=O) groups is 2. The third-order valence-electron chi connectivity index (χ3n) is 3.96. The van der Waals surface area contributed by atoms with Crippen molar-refractivity contribution in [1.29, 1.82) is 0 Å².